The fourth-order valence-corrected chi connectivity index (χ4v) is 17.1. The number of ether oxygens (including phenoxy) is 2. The number of benzene rings is 5. The van der Waals surface area contributed by atoms with Crippen LogP contribution >= 0.6 is 92.2 Å². The van der Waals surface area contributed by atoms with Gasteiger partial charge in [-0.3, -0.25) is 47.9 Å². The van der Waals surface area contributed by atoms with E-state index in [0.717, 1.165) is 11.4 Å². The van der Waals surface area contributed by atoms with Crippen LogP contribution in [0.4, 0.5) is 28.4 Å². The molecule has 0 aliphatic carbocycles. The molecule has 15 aromatic rings. The molecular formula is C98H101Cl6ILiN19O16. The minimum absolute atomic E-state index is 0. The van der Waals surface area contributed by atoms with E-state index >= 15 is 0 Å². The molecule has 43 heteroatoms. The Morgan fingerprint density at radius 1 is 0.433 bits per heavy atom. The molecule has 0 spiro atoms. The number of aromatic nitrogens is 10. The van der Waals surface area contributed by atoms with Gasteiger partial charge >= 0.3 is 42.7 Å². The Morgan fingerprint density at radius 2 is 0.716 bits per heavy atom. The number of esters is 2. The normalized spacial score (nSPS) is 11.1. The molecule has 1 amide bonds. The van der Waals surface area contributed by atoms with Crippen molar-refractivity contribution in [1.82, 2.24) is 48.6 Å². The molecule has 10 aromatic heterocycles. The first-order valence-electron chi connectivity index (χ1n) is 42.4. The molecule has 734 valence electrons. The molecule has 0 radical (unpaired) electrons. The quantitative estimate of drug-likeness (QED) is 0.00954. The number of carbonyl (C=O) groups excluding carboxylic acids is 3. The van der Waals surface area contributed by atoms with Gasteiger partial charge in [0.15, 0.2) is 27.1 Å². The Morgan fingerprint density at radius 3 is 1.04 bits per heavy atom. The molecular weight excluding hydrogens is 2050 g/mol. The van der Waals surface area contributed by atoms with Crippen LogP contribution in [0.3, 0.4) is 0 Å². The van der Waals surface area contributed by atoms with E-state index in [1.165, 1.54) is 9.13 Å². The number of aliphatic carboxylic acids is 2. The zero-order chi connectivity index (χ0) is 102. The molecule has 10 heterocycles. The zero-order valence-corrected chi connectivity index (χ0v) is 87.6. The van der Waals surface area contributed by atoms with Crippen molar-refractivity contribution in [2.75, 3.05) is 113 Å². The van der Waals surface area contributed by atoms with Gasteiger partial charge in [0, 0.05) is 111 Å². The van der Waals surface area contributed by atoms with Crippen molar-refractivity contribution < 1.29 is 73.5 Å². The van der Waals surface area contributed by atoms with Crippen molar-refractivity contribution in [3.63, 3.8) is 0 Å². The summed E-state index contributed by atoms with van der Waals surface area (Å²) >= 11 is 39.6. The Balaban J connectivity index is 0.000000235. The number of carboxylic acids is 2. The monoisotopic (exact) mass is 2140 g/mol. The van der Waals surface area contributed by atoms with Gasteiger partial charge in [0.2, 0.25) is 5.91 Å². The standard InChI is InChI=1S/C22H23ClN4O3.C20H21ClN4O4.C20H19ClN4O3.C18H17ClN4O.C14H11Cl2N3O.C4H7IO2.Li.2H2O/c1-7-30-17(28)12-27-18-13(8-10-15(23)19(18)26(5)6)20(29)14-9-11-16(25-21(14)27)22(2,3)24-4;1-20(2,19(22)29)13-8-6-11-17(28)10-5-7-12(21)16(24(3)4)15(10)25(9-14(26)27)18(11)23-13;1-20(2,10-22)14-8-6-12-18(28)11-5-7-13(21)17(24(3)4)16(11)25(9-15(26)27)19(12)23-14;1-18(2,9-20)13-8-6-11-16(24)10-5-7-12(19)15(23(3)4)14(10)22-17(11)21-13;1-19(2)12-9(15)5-3-7-11(12)18-14-8(13(7)20)4-6-10(16)17-14;1-2-7-4(6)3-5;;;/h8-11H,7,12H2,1-3,5-6H3;5-8H,9H2,1-4H3,(H2,22,29)(H,26,27);5-8H,9H2,1-4H3,(H,26,27);5-8H,1-4H3,(H,21,22,24);3-6H,1-2H3,(H,17,18,20);2-3H2,1H3;;2*1H2/q;;;;;;+1;;/p-1. The number of hydrogen-bond donors (Lipinski definition) is 5. The molecule has 0 saturated heterocycles. The number of aromatic amines is 2. The molecule has 9 N–H and O–H groups in total. The van der Waals surface area contributed by atoms with Crippen molar-refractivity contribution in [3.8, 4) is 12.1 Å². The molecule has 0 fully saturated rings. The SMILES string of the molecule is CCOC(=O)CI.CN(C)c1c(Cl)ccc2c(=O)c3ccc(C(C)(C)C#N)nc3[nH]c12.CN(C)c1c(Cl)ccc2c(=O)c3ccc(C(C)(C)C#N)nc3n(CC(=O)O)c12.CN(C)c1c(Cl)ccc2c(=O)c3ccc(C(C)(C)C(N)=O)nc3n(CC(=O)O)c12.CN(C)c1c(Cl)ccc2c(=O)c3ccc(Cl)nc3[nH]c12.O.[C-]#[N+]C(C)(C)c1ccc2c(=O)c3ccc(Cl)c(N(C)C)c3n(CC(=O)OCC)c2n1.[Li+].[OH-]. The summed E-state index contributed by atoms with van der Waals surface area (Å²) in [6, 6.07) is 37.4. The second-order valence-corrected chi connectivity index (χ2v) is 37.8. The minimum atomic E-state index is -1.11. The van der Waals surface area contributed by atoms with Crippen molar-refractivity contribution >= 4 is 260 Å². The Bertz CT molecular complexity index is 7970. The van der Waals surface area contributed by atoms with E-state index in [1.807, 2.05) is 74.7 Å². The van der Waals surface area contributed by atoms with Gasteiger partial charge in [-0.15, -0.1) is 0 Å². The van der Waals surface area contributed by atoms with Gasteiger partial charge in [-0.25, -0.2) is 31.5 Å². The van der Waals surface area contributed by atoms with E-state index in [9.17, 15) is 68.7 Å². The number of alkyl halides is 1. The van der Waals surface area contributed by atoms with E-state index in [0.29, 0.717) is 174 Å². The van der Waals surface area contributed by atoms with E-state index in [4.69, 9.17) is 86.6 Å². The number of nitrogens with two attached hydrogens (primary N) is 1. The number of H-pyrrole nitrogens is 2. The number of nitrogens with one attached hydrogen (secondary N) is 2. The van der Waals surface area contributed by atoms with Gasteiger partial charge in [-0.05, 0) is 177 Å². The zero-order valence-electron chi connectivity index (χ0n) is 80.9. The predicted molar refractivity (Wildman–Crippen MR) is 564 cm³/mol. The third kappa shape index (κ3) is 23.9. The third-order valence-electron chi connectivity index (χ3n) is 22.3. The molecule has 0 aliphatic rings. The summed E-state index contributed by atoms with van der Waals surface area (Å²) in [5, 5.41) is 44.6. The number of carbonyl (C=O) groups is 5. The van der Waals surface area contributed by atoms with Crippen LogP contribution in [0, 0.1) is 29.2 Å². The molecule has 141 heavy (non-hydrogen) atoms. The largest absolute Gasteiger partial charge is 1.00 e. The smallest absolute Gasteiger partial charge is 0.870 e. The summed E-state index contributed by atoms with van der Waals surface area (Å²) in [7, 11) is 18.1. The van der Waals surface area contributed by atoms with Crippen LogP contribution < -0.4 is 76.2 Å². The maximum absolute atomic E-state index is 13.3. The third-order valence-corrected chi connectivity index (χ3v) is 24.6. The number of pyridine rings is 10. The number of primary amides is 1. The summed E-state index contributed by atoms with van der Waals surface area (Å²) in [5.74, 6) is -3.37. The second-order valence-electron chi connectivity index (χ2n) is 34.6. The Hall–Kier alpha value is -13.0. The van der Waals surface area contributed by atoms with Crippen LogP contribution in [0.25, 0.3) is 115 Å². The number of carboxylic acid groups (broad SMARTS) is 2. The molecule has 0 aliphatic heterocycles. The van der Waals surface area contributed by atoms with Gasteiger partial charge in [-0.1, -0.05) is 92.2 Å². The summed E-state index contributed by atoms with van der Waals surface area (Å²) in [6.45, 7) is 24.5. The van der Waals surface area contributed by atoms with Crippen LogP contribution in [0.1, 0.15) is 92.0 Å². The molecule has 5 aromatic carbocycles. The number of nitriles is 2. The average Bonchev–Trinajstić information content (AvgIpc) is 0.733. The van der Waals surface area contributed by atoms with Crippen molar-refractivity contribution in [2.24, 2.45) is 5.73 Å². The number of nitrogens with zero attached hydrogens (tertiary/aromatic N) is 16. The van der Waals surface area contributed by atoms with Crippen molar-refractivity contribution in [2.45, 2.75) is 111 Å². The van der Waals surface area contributed by atoms with E-state index in [1.54, 1.807) is 238 Å². The van der Waals surface area contributed by atoms with Gasteiger partial charge in [-0.2, -0.15) is 10.5 Å². The van der Waals surface area contributed by atoms with Crippen LogP contribution in [0.15, 0.2) is 145 Å². The Labute approximate surface area is 863 Å². The first-order valence-corrected chi connectivity index (χ1v) is 46.2. The molecule has 0 atom stereocenters. The van der Waals surface area contributed by atoms with Crippen LogP contribution in [-0.2, 0) is 74.9 Å². The number of hydrogen-bond acceptors (Lipinski definition) is 25. The molecule has 15 rings (SSSR count). The van der Waals surface area contributed by atoms with E-state index in [2.05, 4.69) is 56.6 Å². The van der Waals surface area contributed by atoms with Gasteiger partial charge < -0.3 is 89.4 Å². The summed E-state index contributed by atoms with van der Waals surface area (Å²) < 4.78 is 14.7. The van der Waals surface area contributed by atoms with Gasteiger partial charge in [0.25, 0.3) is 5.54 Å². The first-order chi connectivity index (χ1) is 64.7. The number of halogens is 7. The summed E-state index contributed by atoms with van der Waals surface area (Å²) in [6.07, 6.45) is 0. The maximum atomic E-state index is 13.3. The van der Waals surface area contributed by atoms with Gasteiger partial charge in [0.05, 0.1) is 171 Å². The molecule has 0 unspecified atom stereocenters. The van der Waals surface area contributed by atoms with Crippen molar-refractivity contribution in [3.05, 3.63) is 237 Å². The fourth-order valence-electron chi connectivity index (χ4n) is 15.1. The van der Waals surface area contributed by atoms with Crippen LogP contribution in [0.5, 0.6) is 0 Å². The summed E-state index contributed by atoms with van der Waals surface area (Å²) in [5.41, 5.74) is 10.1. The van der Waals surface area contributed by atoms with Crippen LogP contribution in [0.2, 0.25) is 30.3 Å². The number of fused-ring (bicyclic) bond motifs is 10. The van der Waals surface area contributed by atoms with Gasteiger partial charge in [0.1, 0.15) is 58.7 Å². The fraction of sp³-hybridized carbons (Fsp3) is 0.306. The molecule has 35 nitrogen and oxygen atoms in total. The van der Waals surface area contributed by atoms with E-state index in [-0.39, 0.29) is 92.8 Å². The number of rotatable bonds is 19. The molecule has 0 saturated carbocycles. The predicted octanol–water partition coefficient (Wildman–Crippen LogP) is 13.3. The number of anilines is 5. The minimum Gasteiger partial charge on any atom is -0.870 e. The van der Waals surface area contributed by atoms with E-state index < -0.39 is 58.7 Å². The maximum Gasteiger partial charge on any atom is 1.00 e. The topological polar surface area (TPSA) is 496 Å². The Kier molecular flexibility index (Phi) is 38.0. The van der Waals surface area contributed by atoms with Crippen molar-refractivity contribution in [1.29, 1.82) is 10.5 Å². The number of amides is 1. The average molecular weight is 2150 g/mol. The first kappa shape index (κ1) is 115. The molecule has 0 bridgehead atoms. The van der Waals surface area contributed by atoms with Crippen LogP contribution in [-0.4, -0.2) is 188 Å². The second kappa shape index (κ2) is 46.6. The summed E-state index contributed by atoms with van der Waals surface area (Å²) in [4.78, 5) is 164.